The van der Waals surface area contributed by atoms with E-state index < -0.39 is 54.3 Å². The van der Waals surface area contributed by atoms with E-state index in [-0.39, 0.29) is 35.0 Å². The molecule has 3 aromatic heterocycles. The van der Waals surface area contributed by atoms with Gasteiger partial charge in [0.2, 0.25) is 0 Å². The fourth-order valence-corrected chi connectivity index (χ4v) is 15.0. The number of piperazine rings is 3. The van der Waals surface area contributed by atoms with Crippen LogP contribution in [-0.4, -0.2) is 191 Å². The summed E-state index contributed by atoms with van der Waals surface area (Å²) in [6.07, 6.45) is 0.682. The van der Waals surface area contributed by atoms with Gasteiger partial charge >= 0.3 is 33.7 Å². The number of anilines is 3. The molecule has 0 unspecified atom stereocenters. The third-order valence-electron chi connectivity index (χ3n) is 19.8. The van der Waals surface area contributed by atoms with Crippen molar-refractivity contribution in [1.82, 2.24) is 38.2 Å². The molecule has 3 aliphatic heterocycles. The van der Waals surface area contributed by atoms with Gasteiger partial charge in [-0.1, -0.05) is 117 Å². The van der Waals surface area contributed by atoms with E-state index in [2.05, 4.69) is 0 Å². The van der Waals surface area contributed by atoms with Crippen molar-refractivity contribution in [2.45, 2.75) is 46.8 Å². The summed E-state index contributed by atoms with van der Waals surface area (Å²) in [5, 5.41) is 40.6. The molecule has 33 heteroatoms. The van der Waals surface area contributed by atoms with Crippen molar-refractivity contribution >= 4 is 154 Å². The summed E-state index contributed by atoms with van der Waals surface area (Å²) >= 11 is 36.1. The molecule has 3 aliphatic rings. The molecular weight excluding hydrogens is 1570 g/mol. The van der Waals surface area contributed by atoms with Crippen LogP contribution in [0.2, 0.25) is 30.1 Å². The van der Waals surface area contributed by atoms with Gasteiger partial charge in [0, 0.05) is 131 Å². The minimum Gasteiger partial charge on any atom is -0.362 e. The van der Waals surface area contributed by atoms with E-state index >= 15 is 0 Å². The number of hydrogen-bond donors (Lipinski definition) is 0. The number of nitro groups is 3. The average molecular weight is 1650 g/mol. The number of nitrogens with zero attached hydrogens (tertiary/aromatic N) is 14. The normalized spacial score (nSPS) is 13.9. The minimum atomic E-state index is -0.745. The van der Waals surface area contributed by atoms with E-state index in [1.807, 2.05) is 117 Å². The summed E-state index contributed by atoms with van der Waals surface area (Å²) in [6.45, 7) is 11.7. The molecule has 0 bridgehead atoms. The van der Waals surface area contributed by atoms with E-state index in [1.165, 1.54) is 44.0 Å². The maximum Gasteiger partial charge on any atom is 0.357 e. The smallest absolute Gasteiger partial charge is 0.357 e. The third kappa shape index (κ3) is 18.3. The SMILES string of the molecule is Cc1ccc2c(c1)c(N1CCN(C(=O)c3ccc(Cl)c(Cl)c3)CC1)c([N+](=O)[O-])c(=O)n2CCCN(C)C.Cc1ccc2c(c1)c(N1CCN(C(=O)c3ccc(Cl)c(Cl)c3)CC1)c([N+](=O)[O-])c(=O)n2CCN(C)C.Cc1ccc2c(c1)c(N1CCN(C(=O)c3ccc(Cl)c(Cl)c3)CC1)c([N+](=O)[O-])c(=O)n2Cc1ccc(F)cc1. The fourth-order valence-electron chi connectivity index (χ4n) is 14.1. The molecule has 586 valence electrons. The van der Waals surface area contributed by atoms with Crippen molar-refractivity contribution in [3.05, 3.63) is 270 Å². The van der Waals surface area contributed by atoms with E-state index in [9.17, 15) is 63.5 Å². The number of benzene rings is 7. The second-order valence-corrected chi connectivity index (χ2v) is 30.5. The summed E-state index contributed by atoms with van der Waals surface area (Å²) in [5.41, 5.74) is 3.99. The van der Waals surface area contributed by atoms with Crippen molar-refractivity contribution in [3.8, 4) is 0 Å². The van der Waals surface area contributed by atoms with E-state index in [0.29, 0.717) is 196 Å². The highest BCUT2D eigenvalue weighted by molar-refractivity contribution is 6.43. The predicted octanol–water partition coefficient (Wildman–Crippen LogP) is 14.2. The highest BCUT2D eigenvalue weighted by Gasteiger charge is 2.37. The lowest BCUT2D eigenvalue weighted by Crippen LogP contribution is -2.49. The highest BCUT2D eigenvalue weighted by Crippen LogP contribution is 2.40. The number of rotatable bonds is 18. The fraction of sp³-hybridized carbons (Fsp3) is 0.316. The van der Waals surface area contributed by atoms with E-state index in [4.69, 9.17) is 69.6 Å². The number of pyridine rings is 3. The topological polar surface area (TPSA) is 273 Å². The molecule has 112 heavy (non-hydrogen) atoms. The van der Waals surface area contributed by atoms with Crippen molar-refractivity contribution in [1.29, 1.82) is 0 Å². The van der Waals surface area contributed by atoms with E-state index in [1.54, 1.807) is 74.2 Å². The summed E-state index contributed by atoms with van der Waals surface area (Å²) in [7, 11) is 7.67. The molecule has 0 saturated carbocycles. The van der Waals surface area contributed by atoms with Gasteiger partial charge in [-0.05, 0) is 171 Å². The van der Waals surface area contributed by atoms with Gasteiger partial charge in [-0.2, -0.15) is 0 Å². The predicted molar refractivity (Wildman–Crippen MR) is 440 cm³/mol. The summed E-state index contributed by atoms with van der Waals surface area (Å²) < 4.78 is 17.8. The number of aryl methyl sites for hydroxylation is 4. The molecule has 7 aromatic carbocycles. The van der Waals surface area contributed by atoms with Crippen molar-refractivity contribution in [2.75, 3.05) is 135 Å². The Morgan fingerprint density at radius 3 is 1.00 bits per heavy atom. The van der Waals surface area contributed by atoms with Crippen molar-refractivity contribution in [3.63, 3.8) is 0 Å². The number of hydrogen-bond acceptors (Lipinski definition) is 17. The van der Waals surface area contributed by atoms with Gasteiger partial charge < -0.3 is 48.3 Å². The van der Waals surface area contributed by atoms with Gasteiger partial charge in [0.1, 0.15) is 22.9 Å². The molecular formula is C79H79Cl6FN14O12. The molecule has 3 amide bonds. The molecule has 0 aliphatic carbocycles. The van der Waals surface area contributed by atoms with Gasteiger partial charge in [0.05, 0.1) is 68.0 Å². The second-order valence-electron chi connectivity index (χ2n) is 28.0. The lowest BCUT2D eigenvalue weighted by atomic mass is 10.1. The maximum absolute atomic E-state index is 13.6. The lowest BCUT2D eigenvalue weighted by Gasteiger charge is -2.36. The number of fused-ring (bicyclic) bond motifs is 3. The van der Waals surface area contributed by atoms with Gasteiger partial charge in [-0.3, -0.25) is 63.7 Å². The van der Waals surface area contributed by atoms with Gasteiger partial charge in [-0.25, -0.2) is 4.39 Å². The number of amides is 3. The van der Waals surface area contributed by atoms with Crippen LogP contribution in [-0.2, 0) is 19.6 Å². The van der Waals surface area contributed by atoms with Crippen molar-refractivity contribution in [2.24, 2.45) is 0 Å². The van der Waals surface area contributed by atoms with Crippen LogP contribution in [0.25, 0.3) is 32.7 Å². The van der Waals surface area contributed by atoms with Crippen LogP contribution in [0.4, 0.5) is 38.5 Å². The Morgan fingerprint density at radius 2 is 0.696 bits per heavy atom. The number of likely N-dealkylation sites (N-methyl/N-ethyl adjacent to an activating group) is 1. The quantitative estimate of drug-likeness (QED) is 0.0570. The number of carbonyl (C=O) groups excluding carboxylic acids is 3. The van der Waals surface area contributed by atoms with Crippen LogP contribution in [0.3, 0.4) is 0 Å². The Bertz CT molecular complexity index is 5550. The first-order chi connectivity index (χ1) is 53.3. The molecule has 3 saturated heterocycles. The van der Waals surface area contributed by atoms with Crippen LogP contribution in [0, 0.1) is 56.9 Å². The van der Waals surface area contributed by atoms with Gasteiger partial charge in [0.25, 0.3) is 17.7 Å². The minimum absolute atomic E-state index is 0.0473. The maximum atomic E-state index is 13.6. The first kappa shape index (κ1) is 82.7. The molecule has 13 rings (SSSR count). The molecule has 0 N–H and O–H groups in total. The summed E-state index contributed by atoms with van der Waals surface area (Å²) in [5.74, 6) is -1.02. The lowest BCUT2D eigenvalue weighted by molar-refractivity contribution is -0.385. The first-order valence-corrected chi connectivity index (χ1v) is 38.0. The summed E-state index contributed by atoms with van der Waals surface area (Å²) in [4.78, 5) is 129. The zero-order valence-corrected chi connectivity index (χ0v) is 66.8. The van der Waals surface area contributed by atoms with Crippen LogP contribution >= 0.6 is 69.6 Å². The Labute approximate surface area is 672 Å². The zero-order chi connectivity index (χ0) is 80.8. The van der Waals surface area contributed by atoms with Gasteiger partial charge in [-0.15, -0.1) is 0 Å². The molecule has 0 spiro atoms. The first-order valence-electron chi connectivity index (χ1n) is 35.8. The molecule has 0 radical (unpaired) electrons. The monoisotopic (exact) mass is 1640 g/mol. The number of aromatic nitrogens is 3. The Hall–Kier alpha value is -10.2. The van der Waals surface area contributed by atoms with Gasteiger partial charge in [0.15, 0.2) is 0 Å². The average Bonchev–Trinajstić information content (AvgIpc) is 0.754. The number of halogens is 7. The van der Waals surface area contributed by atoms with Crippen molar-refractivity contribution < 1.29 is 33.5 Å². The molecule has 3 fully saturated rings. The van der Waals surface area contributed by atoms with Crippen LogP contribution in [0.1, 0.15) is 59.7 Å². The molecule has 26 nitrogen and oxygen atoms in total. The summed E-state index contributed by atoms with van der Waals surface area (Å²) in [6, 6.07) is 36.6. The Morgan fingerprint density at radius 1 is 0.393 bits per heavy atom. The Balaban J connectivity index is 0.000000166. The molecule has 0 atom stereocenters. The van der Waals surface area contributed by atoms with Crippen LogP contribution < -0.4 is 31.4 Å². The Kier molecular flexibility index (Phi) is 26.3. The molecule has 10 aromatic rings. The van der Waals surface area contributed by atoms with Crippen LogP contribution in [0.5, 0.6) is 0 Å². The van der Waals surface area contributed by atoms with Crippen LogP contribution in [0.15, 0.2) is 148 Å². The van der Waals surface area contributed by atoms with E-state index in [0.717, 1.165) is 23.2 Å². The standard InChI is InChI=1S/C28H23Cl2FN4O4.C26H29Cl2N5O4.C25H27Cl2N5O4/c1-17-2-9-24-21(14-17)25(26(35(38)39)28(37)34(24)16-18-3-6-20(31)7-4-18)32-10-12-33(13-11-32)27(36)19-5-8-22(29)23(30)15-19;1-17-5-8-22-19(15-17)23(24(33(36)37)26(35)32(22)10-4-9-29(2)3)30-11-13-31(14-12-30)25(34)18-6-7-20(27)21(28)16-18;1-16-4-7-21-18(14-16)22(23(32(35)36)25(34)31(21)13-8-28(2)3)29-9-11-30(12-10-29)24(33)17-5-6-19(26)20(27)15-17/h2-9,14-15H,10-13,16H2,1H3;5-8,15-16H,4,9-14H2,1-3H3;4-7,14-15H,8-13H2,1-3H3. The third-order valence-corrected chi connectivity index (χ3v) is 22.0. The number of carbonyl (C=O) groups is 3. The largest absolute Gasteiger partial charge is 0.362 e. The highest BCUT2D eigenvalue weighted by atomic mass is 35.5. The zero-order valence-electron chi connectivity index (χ0n) is 62.2. The second kappa shape index (κ2) is 35.6. The molecule has 6 heterocycles.